The Morgan fingerprint density at radius 1 is 1.17 bits per heavy atom. The molecule has 2 heterocycles. The van der Waals surface area contributed by atoms with Crippen molar-refractivity contribution in [3.63, 3.8) is 0 Å². The molecule has 10 nitrogen and oxygen atoms in total. The zero-order valence-electron chi connectivity index (χ0n) is 15.8. The lowest BCUT2D eigenvalue weighted by Crippen LogP contribution is -2.29. The Morgan fingerprint density at radius 3 is 2.67 bits per heavy atom. The molecule has 0 spiro atoms. The number of fused-ring (bicyclic) bond motifs is 1. The molecule has 1 aliphatic heterocycles. The zero-order chi connectivity index (χ0) is 21.7. The van der Waals surface area contributed by atoms with E-state index in [0.29, 0.717) is 28.4 Å². The van der Waals surface area contributed by atoms with E-state index in [-0.39, 0.29) is 25.6 Å². The third kappa shape index (κ3) is 5.47. The molecule has 11 heteroatoms. The number of benzene rings is 1. The fraction of sp³-hybridized carbons (Fsp3) is 0.263. The molecular formula is C19H20N4O6S. The first-order valence-corrected chi connectivity index (χ1v) is 9.77. The first-order chi connectivity index (χ1) is 14.3. The number of ether oxygens (including phenoxy) is 2. The van der Waals surface area contributed by atoms with Crippen molar-refractivity contribution in [3.05, 3.63) is 45.6 Å². The summed E-state index contributed by atoms with van der Waals surface area (Å²) in [5.74, 6) is -1.13. The van der Waals surface area contributed by atoms with Crippen LogP contribution in [0.3, 0.4) is 0 Å². The summed E-state index contributed by atoms with van der Waals surface area (Å²) in [6.07, 6.45) is 0.198. The second-order valence-corrected chi connectivity index (χ2v) is 7.60. The van der Waals surface area contributed by atoms with Crippen LogP contribution in [0.4, 0.5) is 0 Å². The summed E-state index contributed by atoms with van der Waals surface area (Å²) in [5.41, 5.74) is 10.9. The predicted octanol–water partition coefficient (Wildman–Crippen LogP) is 1.16. The normalized spacial score (nSPS) is 12.8. The molecular weight excluding hydrogens is 412 g/mol. The molecule has 0 bridgehead atoms. The van der Waals surface area contributed by atoms with Gasteiger partial charge in [0.2, 0.25) is 12.7 Å². The highest BCUT2D eigenvalue weighted by Gasteiger charge is 2.23. The summed E-state index contributed by atoms with van der Waals surface area (Å²) in [6, 6.07) is 7.63. The molecule has 1 atom stereocenters. The Bertz CT molecular complexity index is 999. The Labute approximate surface area is 175 Å². The van der Waals surface area contributed by atoms with Gasteiger partial charge in [-0.05, 0) is 36.2 Å². The molecule has 1 aliphatic rings. The number of hydrogen-bond acceptors (Lipinski definition) is 6. The fourth-order valence-corrected chi connectivity index (χ4v) is 3.76. The van der Waals surface area contributed by atoms with Crippen LogP contribution in [-0.2, 0) is 16.0 Å². The van der Waals surface area contributed by atoms with E-state index in [0.717, 1.165) is 4.88 Å². The minimum atomic E-state index is -1.05. The van der Waals surface area contributed by atoms with Gasteiger partial charge < -0.3 is 31.4 Å². The monoisotopic (exact) mass is 432 g/mol. The summed E-state index contributed by atoms with van der Waals surface area (Å²) >= 11 is 1.21. The number of thiophene rings is 1. The van der Waals surface area contributed by atoms with Gasteiger partial charge in [-0.25, -0.2) is 0 Å². The maximum atomic E-state index is 12.7. The molecule has 158 valence electrons. The van der Waals surface area contributed by atoms with Crippen LogP contribution in [0.25, 0.3) is 0 Å². The molecule has 0 saturated carbocycles. The molecule has 0 fully saturated rings. The Morgan fingerprint density at radius 2 is 1.93 bits per heavy atom. The number of carbonyl (C=O) groups excluding carboxylic acids is 2. The van der Waals surface area contributed by atoms with Crippen molar-refractivity contribution in [3.8, 4) is 11.5 Å². The van der Waals surface area contributed by atoms with Gasteiger partial charge in [-0.1, -0.05) is 6.07 Å². The number of carboxylic acid groups (broad SMARTS) is 1. The number of aliphatic carboxylic acids is 1. The fourth-order valence-electron chi connectivity index (χ4n) is 2.85. The minimum Gasteiger partial charge on any atom is -0.481 e. The number of carboxylic acids is 1. The van der Waals surface area contributed by atoms with Crippen LogP contribution in [-0.4, -0.2) is 35.6 Å². The molecule has 1 aromatic carbocycles. The number of rotatable bonds is 8. The number of aryl methyl sites for hydroxylation is 1. The van der Waals surface area contributed by atoms with Gasteiger partial charge in [0.1, 0.15) is 0 Å². The second-order valence-electron chi connectivity index (χ2n) is 6.43. The zero-order valence-corrected chi connectivity index (χ0v) is 16.6. The van der Waals surface area contributed by atoms with Crippen molar-refractivity contribution in [2.24, 2.45) is 16.5 Å². The highest BCUT2D eigenvalue weighted by Crippen LogP contribution is 2.35. The average Bonchev–Trinajstić information content (AvgIpc) is 3.33. The van der Waals surface area contributed by atoms with Crippen LogP contribution in [0, 0.1) is 0 Å². The van der Waals surface area contributed by atoms with Crippen LogP contribution >= 0.6 is 11.3 Å². The SMILES string of the molecule is NC(N)=NC(=O)CCc1ccc(C(=O)N[C@H](CC(=O)O)c2ccc3c(c2)OCO3)s1. The van der Waals surface area contributed by atoms with Crippen molar-refractivity contribution < 1.29 is 29.0 Å². The van der Waals surface area contributed by atoms with Crippen LogP contribution in [0.2, 0.25) is 0 Å². The molecule has 0 unspecified atom stereocenters. The number of aliphatic imine (C=N–C) groups is 1. The van der Waals surface area contributed by atoms with Crippen molar-refractivity contribution in [2.45, 2.75) is 25.3 Å². The first kappa shape index (κ1) is 21.1. The van der Waals surface area contributed by atoms with Gasteiger partial charge in [0.05, 0.1) is 17.3 Å². The van der Waals surface area contributed by atoms with E-state index in [9.17, 15) is 19.5 Å². The Hall–Kier alpha value is -3.60. The smallest absolute Gasteiger partial charge is 0.305 e. The van der Waals surface area contributed by atoms with Crippen LogP contribution in [0.1, 0.15) is 39.0 Å². The van der Waals surface area contributed by atoms with Crippen LogP contribution < -0.4 is 26.3 Å². The largest absolute Gasteiger partial charge is 0.481 e. The summed E-state index contributed by atoms with van der Waals surface area (Å²) in [5, 5.41) is 12.0. The third-order valence-electron chi connectivity index (χ3n) is 4.21. The maximum Gasteiger partial charge on any atom is 0.305 e. The highest BCUT2D eigenvalue weighted by atomic mass is 32.1. The lowest BCUT2D eigenvalue weighted by atomic mass is 10.0. The van der Waals surface area contributed by atoms with Gasteiger partial charge in [-0.2, -0.15) is 4.99 Å². The number of carbonyl (C=O) groups is 3. The van der Waals surface area contributed by atoms with E-state index in [1.807, 2.05) is 0 Å². The quantitative estimate of drug-likeness (QED) is 0.356. The van der Waals surface area contributed by atoms with Gasteiger partial charge in [-0.3, -0.25) is 14.4 Å². The van der Waals surface area contributed by atoms with Crippen molar-refractivity contribution >= 4 is 35.1 Å². The van der Waals surface area contributed by atoms with E-state index >= 15 is 0 Å². The number of amides is 2. The average molecular weight is 432 g/mol. The van der Waals surface area contributed by atoms with E-state index in [1.165, 1.54) is 11.3 Å². The molecule has 2 aromatic rings. The number of hydrogen-bond donors (Lipinski definition) is 4. The highest BCUT2D eigenvalue weighted by molar-refractivity contribution is 7.14. The number of nitrogens with one attached hydrogen (secondary N) is 1. The van der Waals surface area contributed by atoms with Crippen LogP contribution in [0.5, 0.6) is 11.5 Å². The van der Waals surface area contributed by atoms with Crippen LogP contribution in [0.15, 0.2) is 35.3 Å². The number of guanidine groups is 1. The molecule has 0 radical (unpaired) electrons. The first-order valence-electron chi connectivity index (χ1n) is 8.95. The Kier molecular flexibility index (Phi) is 6.52. The van der Waals surface area contributed by atoms with Gasteiger partial charge in [0, 0.05) is 11.3 Å². The summed E-state index contributed by atoms with van der Waals surface area (Å²) in [4.78, 5) is 40.2. The van der Waals surface area contributed by atoms with E-state index in [1.54, 1.807) is 30.3 Å². The van der Waals surface area contributed by atoms with Gasteiger partial charge in [0.25, 0.3) is 5.91 Å². The maximum absolute atomic E-state index is 12.7. The molecule has 2 amide bonds. The van der Waals surface area contributed by atoms with Crippen molar-refractivity contribution in [1.29, 1.82) is 0 Å². The van der Waals surface area contributed by atoms with Gasteiger partial charge in [-0.15, -0.1) is 11.3 Å². The van der Waals surface area contributed by atoms with Gasteiger partial charge in [0.15, 0.2) is 17.5 Å². The summed E-state index contributed by atoms with van der Waals surface area (Å²) in [7, 11) is 0. The molecule has 6 N–H and O–H groups in total. The lowest BCUT2D eigenvalue weighted by molar-refractivity contribution is -0.137. The molecule has 0 aliphatic carbocycles. The number of nitrogens with two attached hydrogens (primary N) is 2. The third-order valence-corrected chi connectivity index (χ3v) is 5.35. The summed E-state index contributed by atoms with van der Waals surface area (Å²) in [6.45, 7) is 0.0956. The van der Waals surface area contributed by atoms with E-state index in [4.69, 9.17) is 20.9 Å². The lowest BCUT2D eigenvalue weighted by Gasteiger charge is -2.17. The topological polar surface area (TPSA) is 166 Å². The number of nitrogens with zero attached hydrogens (tertiary/aromatic N) is 1. The Balaban J connectivity index is 1.67. The molecule has 30 heavy (non-hydrogen) atoms. The van der Waals surface area contributed by atoms with Gasteiger partial charge >= 0.3 is 5.97 Å². The molecule has 0 saturated heterocycles. The van der Waals surface area contributed by atoms with E-state index in [2.05, 4.69) is 10.3 Å². The second kappa shape index (κ2) is 9.27. The molecule has 1 aromatic heterocycles. The standard InChI is InChI=1S/C19H20N4O6S/c20-19(21)23-16(24)6-3-11-2-5-15(30-11)18(27)22-12(8-17(25)26)10-1-4-13-14(7-10)29-9-28-13/h1-2,4-5,7,12H,3,6,8-9H2,(H,22,27)(H,25,26)(H4,20,21,23,24)/t12-/m1/s1. The van der Waals surface area contributed by atoms with E-state index < -0.39 is 23.8 Å². The van der Waals surface area contributed by atoms with Crippen molar-refractivity contribution in [2.75, 3.05) is 6.79 Å². The molecule has 3 rings (SSSR count). The predicted molar refractivity (Wildman–Crippen MR) is 108 cm³/mol. The summed E-state index contributed by atoms with van der Waals surface area (Å²) < 4.78 is 10.6. The van der Waals surface area contributed by atoms with Crippen molar-refractivity contribution in [1.82, 2.24) is 5.32 Å². The minimum absolute atomic E-state index is 0.0956.